The van der Waals surface area contributed by atoms with Crippen LogP contribution < -0.4 is 11.1 Å². The summed E-state index contributed by atoms with van der Waals surface area (Å²) in [6.07, 6.45) is 2.21. The Morgan fingerprint density at radius 2 is 2.05 bits per heavy atom. The molecular weight excluding hydrogens is 254 g/mol. The predicted octanol–water partition coefficient (Wildman–Crippen LogP) is 1.50. The Morgan fingerprint density at radius 1 is 1.35 bits per heavy atom. The minimum absolute atomic E-state index is 0.185. The van der Waals surface area contributed by atoms with Crippen LogP contribution in [0.3, 0.4) is 0 Å². The molecule has 0 aliphatic carbocycles. The molecule has 0 fully saturated rings. The summed E-state index contributed by atoms with van der Waals surface area (Å²) in [7, 11) is 0. The van der Waals surface area contributed by atoms with Gasteiger partial charge in [-0.1, -0.05) is 13.8 Å². The first kappa shape index (κ1) is 16.4. The normalized spacial score (nSPS) is 12.4. The zero-order valence-corrected chi connectivity index (χ0v) is 12.6. The highest BCUT2D eigenvalue weighted by molar-refractivity contribution is 5.90. The van der Waals surface area contributed by atoms with Crippen molar-refractivity contribution in [1.29, 1.82) is 0 Å². The van der Waals surface area contributed by atoms with E-state index in [-0.39, 0.29) is 5.69 Å². The van der Waals surface area contributed by atoms with Gasteiger partial charge in [-0.3, -0.25) is 4.79 Å². The first-order valence-corrected chi connectivity index (χ1v) is 7.19. The highest BCUT2D eigenvalue weighted by Gasteiger charge is 2.07. The lowest BCUT2D eigenvalue weighted by Crippen LogP contribution is -2.25. The number of carbonyl (C=O) groups is 1. The monoisotopic (exact) mass is 279 g/mol. The predicted molar refractivity (Wildman–Crippen MR) is 80.7 cm³/mol. The lowest BCUT2D eigenvalue weighted by atomic mass is 10.1. The van der Waals surface area contributed by atoms with Gasteiger partial charge in [0.05, 0.1) is 0 Å². The fourth-order valence-corrected chi connectivity index (χ4v) is 2.03. The van der Waals surface area contributed by atoms with Crippen LogP contribution in [0, 0.1) is 0 Å². The van der Waals surface area contributed by atoms with E-state index < -0.39 is 5.91 Å². The number of aromatic nitrogens is 2. The second kappa shape index (κ2) is 8.47. The van der Waals surface area contributed by atoms with E-state index in [0.717, 1.165) is 32.5 Å². The Kier molecular flexibility index (Phi) is 6.93. The van der Waals surface area contributed by atoms with Gasteiger partial charge in [0.25, 0.3) is 5.91 Å². The fraction of sp³-hybridized carbons (Fsp3) is 0.643. The van der Waals surface area contributed by atoms with Crippen LogP contribution in [0.4, 0.5) is 5.82 Å². The van der Waals surface area contributed by atoms with Crippen molar-refractivity contribution in [2.75, 3.05) is 25.0 Å². The second-order valence-corrected chi connectivity index (χ2v) is 4.88. The van der Waals surface area contributed by atoms with Crippen molar-refractivity contribution in [2.45, 2.75) is 39.7 Å². The van der Waals surface area contributed by atoms with Gasteiger partial charge >= 0.3 is 0 Å². The van der Waals surface area contributed by atoms with Crippen molar-refractivity contribution in [3.63, 3.8) is 0 Å². The molecule has 0 saturated heterocycles. The summed E-state index contributed by atoms with van der Waals surface area (Å²) in [6, 6.07) is 3.63. The van der Waals surface area contributed by atoms with Crippen LogP contribution in [-0.4, -0.2) is 46.7 Å². The molecule has 0 radical (unpaired) electrons. The van der Waals surface area contributed by atoms with E-state index in [1.807, 2.05) is 0 Å². The van der Waals surface area contributed by atoms with Gasteiger partial charge in [-0.25, -0.2) is 0 Å². The van der Waals surface area contributed by atoms with Crippen LogP contribution in [0.15, 0.2) is 12.1 Å². The van der Waals surface area contributed by atoms with Gasteiger partial charge in [0.15, 0.2) is 5.69 Å². The SMILES string of the molecule is CCN(CC)CCCC(C)Nc1ccc(C(N)=O)nn1. The molecule has 0 aliphatic rings. The van der Waals surface area contributed by atoms with E-state index in [4.69, 9.17) is 5.73 Å². The van der Waals surface area contributed by atoms with Gasteiger partial charge in [0.1, 0.15) is 5.82 Å². The smallest absolute Gasteiger partial charge is 0.269 e. The number of hydrogen-bond donors (Lipinski definition) is 2. The molecule has 0 spiro atoms. The molecule has 1 unspecified atom stereocenters. The number of amides is 1. The Labute approximate surface area is 120 Å². The first-order valence-electron chi connectivity index (χ1n) is 7.19. The second-order valence-electron chi connectivity index (χ2n) is 4.88. The standard InChI is InChI=1S/C14H25N5O/c1-4-19(5-2)10-6-7-11(3)16-13-9-8-12(14(15)20)17-18-13/h8-9,11H,4-7,10H2,1-3H3,(H2,15,20)(H,16,18). The summed E-state index contributed by atoms with van der Waals surface area (Å²) in [5.74, 6) is 0.113. The molecule has 6 heteroatoms. The van der Waals surface area contributed by atoms with Gasteiger partial charge in [-0.15, -0.1) is 10.2 Å². The summed E-state index contributed by atoms with van der Waals surface area (Å²) in [5, 5.41) is 11.0. The van der Waals surface area contributed by atoms with Crippen molar-refractivity contribution in [1.82, 2.24) is 15.1 Å². The van der Waals surface area contributed by atoms with E-state index in [2.05, 4.69) is 41.2 Å². The highest BCUT2D eigenvalue weighted by Crippen LogP contribution is 2.07. The van der Waals surface area contributed by atoms with Gasteiger partial charge in [-0.2, -0.15) is 0 Å². The van der Waals surface area contributed by atoms with Crippen LogP contribution in [0.5, 0.6) is 0 Å². The Bertz CT molecular complexity index is 403. The summed E-state index contributed by atoms with van der Waals surface area (Å²) < 4.78 is 0. The molecule has 1 amide bonds. The third-order valence-corrected chi connectivity index (χ3v) is 3.32. The maximum Gasteiger partial charge on any atom is 0.269 e. The van der Waals surface area contributed by atoms with Crippen LogP contribution in [-0.2, 0) is 0 Å². The lowest BCUT2D eigenvalue weighted by Gasteiger charge is -2.19. The Balaban J connectivity index is 2.34. The van der Waals surface area contributed by atoms with Crippen LogP contribution >= 0.6 is 0 Å². The molecule has 1 aromatic heterocycles. The maximum absolute atomic E-state index is 10.9. The van der Waals surface area contributed by atoms with Crippen molar-refractivity contribution in [3.8, 4) is 0 Å². The van der Waals surface area contributed by atoms with Gasteiger partial charge in [0, 0.05) is 6.04 Å². The minimum Gasteiger partial charge on any atom is -0.366 e. The van der Waals surface area contributed by atoms with E-state index in [1.54, 1.807) is 12.1 Å². The first-order chi connectivity index (χ1) is 9.56. The third-order valence-electron chi connectivity index (χ3n) is 3.32. The topological polar surface area (TPSA) is 84.1 Å². The van der Waals surface area contributed by atoms with Crippen molar-refractivity contribution in [2.24, 2.45) is 5.73 Å². The summed E-state index contributed by atoms with van der Waals surface area (Å²) >= 11 is 0. The molecule has 20 heavy (non-hydrogen) atoms. The average molecular weight is 279 g/mol. The fourth-order valence-electron chi connectivity index (χ4n) is 2.03. The van der Waals surface area contributed by atoms with Crippen molar-refractivity contribution >= 4 is 11.7 Å². The zero-order chi connectivity index (χ0) is 15.0. The number of rotatable bonds is 9. The maximum atomic E-state index is 10.9. The Morgan fingerprint density at radius 3 is 2.55 bits per heavy atom. The number of primary amides is 1. The number of nitrogens with zero attached hydrogens (tertiary/aromatic N) is 3. The van der Waals surface area contributed by atoms with Gasteiger partial charge in [0.2, 0.25) is 0 Å². The molecule has 0 aromatic carbocycles. The molecule has 0 saturated carbocycles. The molecule has 6 nitrogen and oxygen atoms in total. The average Bonchev–Trinajstić information content (AvgIpc) is 2.44. The lowest BCUT2D eigenvalue weighted by molar-refractivity contribution is 0.0994. The van der Waals surface area contributed by atoms with Crippen LogP contribution in [0.1, 0.15) is 44.1 Å². The number of nitrogens with one attached hydrogen (secondary N) is 1. The van der Waals surface area contributed by atoms with Crippen molar-refractivity contribution in [3.05, 3.63) is 17.8 Å². The van der Waals surface area contributed by atoms with Gasteiger partial charge < -0.3 is 16.0 Å². The van der Waals surface area contributed by atoms with Crippen molar-refractivity contribution < 1.29 is 4.79 Å². The molecule has 3 N–H and O–H groups in total. The third kappa shape index (κ3) is 5.52. The Hall–Kier alpha value is -1.69. The quantitative estimate of drug-likeness (QED) is 0.715. The van der Waals surface area contributed by atoms with E-state index in [0.29, 0.717) is 11.9 Å². The number of carbonyl (C=O) groups excluding carboxylic acids is 1. The molecule has 112 valence electrons. The molecule has 1 aromatic rings. The zero-order valence-electron chi connectivity index (χ0n) is 12.6. The minimum atomic E-state index is -0.559. The number of hydrogen-bond acceptors (Lipinski definition) is 5. The molecule has 0 bridgehead atoms. The van der Waals surface area contributed by atoms with E-state index >= 15 is 0 Å². The number of anilines is 1. The van der Waals surface area contributed by atoms with Crippen LogP contribution in [0.25, 0.3) is 0 Å². The molecular formula is C14H25N5O. The summed E-state index contributed by atoms with van der Waals surface area (Å²) in [4.78, 5) is 13.3. The van der Waals surface area contributed by atoms with Crippen LogP contribution in [0.2, 0.25) is 0 Å². The molecule has 0 aliphatic heterocycles. The molecule has 1 rings (SSSR count). The number of nitrogens with two attached hydrogens (primary N) is 1. The molecule has 1 atom stereocenters. The summed E-state index contributed by atoms with van der Waals surface area (Å²) in [5.41, 5.74) is 5.30. The molecule has 1 heterocycles. The largest absolute Gasteiger partial charge is 0.366 e. The van der Waals surface area contributed by atoms with E-state index in [1.165, 1.54) is 0 Å². The highest BCUT2D eigenvalue weighted by atomic mass is 16.1. The summed E-state index contributed by atoms with van der Waals surface area (Å²) in [6.45, 7) is 9.79. The van der Waals surface area contributed by atoms with E-state index in [9.17, 15) is 4.79 Å². The van der Waals surface area contributed by atoms with Gasteiger partial charge in [-0.05, 0) is 51.5 Å².